The minimum absolute atomic E-state index is 0.0661. The van der Waals surface area contributed by atoms with E-state index in [1.165, 1.54) is 21.3 Å². The van der Waals surface area contributed by atoms with Gasteiger partial charge in [0.05, 0.1) is 11.9 Å². The number of carbonyl (C=O) groups is 2. The van der Waals surface area contributed by atoms with Crippen LogP contribution in [0.25, 0.3) is 0 Å². The molecule has 35 heavy (non-hydrogen) atoms. The van der Waals surface area contributed by atoms with Gasteiger partial charge >= 0.3 is 0 Å². The summed E-state index contributed by atoms with van der Waals surface area (Å²) < 4.78 is 39.6. The van der Waals surface area contributed by atoms with Gasteiger partial charge in [0.25, 0.3) is 0 Å². The van der Waals surface area contributed by atoms with Crippen LogP contribution in [0, 0.1) is 12.7 Å². The first-order valence-electron chi connectivity index (χ1n) is 11.9. The minimum Gasteiger partial charge on any atom is -0.354 e. The number of benzene rings is 2. The zero-order valence-electron chi connectivity index (χ0n) is 21.0. The van der Waals surface area contributed by atoms with E-state index in [4.69, 9.17) is 0 Å². The van der Waals surface area contributed by atoms with Gasteiger partial charge in [-0.1, -0.05) is 44.2 Å². The fourth-order valence-corrected chi connectivity index (χ4v) is 4.92. The Balaban J connectivity index is 2.20. The van der Waals surface area contributed by atoms with E-state index in [0.29, 0.717) is 24.2 Å². The van der Waals surface area contributed by atoms with Crippen molar-refractivity contribution in [3.8, 4) is 0 Å². The standard InChI is InChI=1S/C26H36FN3O4S/c1-5-17-28-26(32)23(6-2)29(19-21-13-15-22(27)16-14-21)25(31)12-9-18-30(35(4,33)34)24-11-8-7-10-20(24)3/h7-8,10-11,13-16,23H,5-6,9,12,17-19H2,1-4H3,(H,28,32). The van der Waals surface area contributed by atoms with E-state index < -0.39 is 16.1 Å². The van der Waals surface area contributed by atoms with Crippen molar-refractivity contribution in [3.05, 3.63) is 65.5 Å². The van der Waals surface area contributed by atoms with Gasteiger partial charge in [-0.3, -0.25) is 13.9 Å². The molecule has 0 aromatic heterocycles. The summed E-state index contributed by atoms with van der Waals surface area (Å²) in [7, 11) is -3.55. The number of anilines is 1. The lowest BCUT2D eigenvalue weighted by molar-refractivity contribution is -0.141. The molecule has 0 saturated carbocycles. The van der Waals surface area contributed by atoms with E-state index in [0.717, 1.165) is 18.2 Å². The highest BCUT2D eigenvalue weighted by atomic mass is 32.2. The Morgan fingerprint density at radius 1 is 1.06 bits per heavy atom. The average Bonchev–Trinajstić information content (AvgIpc) is 2.81. The third-order valence-electron chi connectivity index (χ3n) is 5.74. The summed E-state index contributed by atoms with van der Waals surface area (Å²) in [4.78, 5) is 27.6. The maximum absolute atomic E-state index is 13.4. The van der Waals surface area contributed by atoms with E-state index in [1.807, 2.05) is 32.9 Å². The van der Waals surface area contributed by atoms with Gasteiger partial charge in [-0.25, -0.2) is 12.8 Å². The van der Waals surface area contributed by atoms with Crippen molar-refractivity contribution in [3.63, 3.8) is 0 Å². The van der Waals surface area contributed by atoms with Crippen LogP contribution in [-0.2, 0) is 26.2 Å². The fourth-order valence-electron chi connectivity index (χ4n) is 3.90. The molecule has 0 aliphatic rings. The number of carbonyl (C=O) groups excluding carboxylic acids is 2. The van der Waals surface area contributed by atoms with Crippen LogP contribution in [0.5, 0.6) is 0 Å². The van der Waals surface area contributed by atoms with Crippen LogP contribution in [0.4, 0.5) is 10.1 Å². The molecule has 0 spiro atoms. The largest absolute Gasteiger partial charge is 0.354 e. The Bertz CT molecular complexity index is 1090. The van der Waals surface area contributed by atoms with Crippen LogP contribution in [0.2, 0.25) is 0 Å². The van der Waals surface area contributed by atoms with Gasteiger partial charge in [0, 0.05) is 26.1 Å². The van der Waals surface area contributed by atoms with Gasteiger partial charge in [-0.05, 0) is 55.5 Å². The van der Waals surface area contributed by atoms with E-state index in [1.54, 1.807) is 24.3 Å². The van der Waals surface area contributed by atoms with Crippen molar-refractivity contribution in [2.45, 2.75) is 59.0 Å². The number of nitrogens with one attached hydrogen (secondary N) is 1. The molecule has 0 saturated heterocycles. The molecule has 1 atom stereocenters. The molecule has 1 N–H and O–H groups in total. The number of hydrogen-bond donors (Lipinski definition) is 1. The molecule has 2 amide bonds. The number of nitrogens with zero attached hydrogens (tertiary/aromatic N) is 2. The topological polar surface area (TPSA) is 86.8 Å². The molecule has 0 bridgehead atoms. The molecule has 7 nitrogen and oxygen atoms in total. The van der Waals surface area contributed by atoms with Crippen molar-refractivity contribution in [1.82, 2.24) is 10.2 Å². The van der Waals surface area contributed by atoms with Gasteiger partial charge < -0.3 is 10.2 Å². The third kappa shape index (κ3) is 8.35. The van der Waals surface area contributed by atoms with Crippen LogP contribution in [0.3, 0.4) is 0 Å². The maximum Gasteiger partial charge on any atom is 0.242 e. The number of sulfonamides is 1. The second-order valence-electron chi connectivity index (χ2n) is 8.59. The number of rotatable bonds is 13. The first-order valence-corrected chi connectivity index (χ1v) is 13.8. The predicted octanol–water partition coefficient (Wildman–Crippen LogP) is 4.01. The first-order chi connectivity index (χ1) is 16.6. The number of hydrogen-bond acceptors (Lipinski definition) is 4. The van der Waals surface area contributed by atoms with E-state index in [2.05, 4.69) is 5.32 Å². The van der Waals surface area contributed by atoms with Crippen molar-refractivity contribution in [2.75, 3.05) is 23.7 Å². The zero-order valence-corrected chi connectivity index (χ0v) is 21.8. The monoisotopic (exact) mass is 505 g/mol. The number of amides is 2. The van der Waals surface area contributed by atoms with E-state index in [9.17, 15) is 22.4 Å². The smallest absolute Gasteiger partial charge is 0.242 e. The van der Waals surface area contributed by atoms with Gasteiger partial charge in [0.1, 0.15) is 11.9 Å². The highest BCUT2D eigenvalue weighted by Crippen LogP contribution is 2.23. The summed E-state index contributed by atoms with van der Waals surface area (Å²) in [5.74, 6) is -0.870. The van der Waals surface area contributed by atoms with Crippen molar-refractivity contribution < 1.29 is 22.4 Å². The summed E-state index contributed by atoms with van der Waals surface area (Å²) in [6.07, 6.45) is 2.69. The third-order valence-corrected chi connectivity index (χ3v) is 6.92. The van der Waals surface area contributed by atoms with Crippen LogP contribution in [-0.4, -0.2) is 50.5 Å². The quantitative estimate of drug-likeness (QED) is 0.446. The summed E-state index contributed by atoms with van der Waals surface area (Å²) in [6.45, 7) is 6.43. The molecule has 0 fully saturated rings. The van der Waals surface area contributed by atoms with Crippen LogP contribution < -0.4 is 9.62 Å². The molecule has 2 aromatic rings. The molecule has 0 radical (unpaired) electrons. The van der Waals surface area contributed by atoms with E-state index >= 15 is 0 Å². The Morgan fingerprint density at radius 3 is 2.29 bits per heavy atom. The highest BCUT2D eigenvalue weighted by Gasteiger charge is 2.28. The van der Waals surface area contributed by atoms with Gasteiger partial charge in [-0.2, -0.15) is 0 Å². The Kier molecular flexibility index (Phi) is 10.7. The second-order valence-corrected chi connectivity index (χ2v) is 10.5. The maximum atomic E-state index is 13.4. The lowest BCUT2D eigenvalue weighted by Crippen LogP contribution is -2.49. The summed E-state index contributed by atoms with van der Waals surface area (Å²) in [5.41, 5.74) is 2.11. The molecule has 1 unspecified atom stereocenters. The number of aryl methyl sites for hydroxylation is 1. The van der Waals surface area contributed by atoms with Gasteiger partial charge in [0.15, 0.2) is 0 Å². The Hall–Kier alpha value is -2.94. The molecule has 0 aliphatic carbocycles. The number of halogens is 1. The molecule has 2 aromatic carbocycles. The van der Waals surface area contributed by atoms with Crippen molar-refractivity contribution in [1.29, 1.82) is 0 Å². The average molecular weight is 506 g/mol. The summed E-state index contributed by atoms with van der Waals surface area (Å²) in [6, 6.07) is 12.3. The molecule has 192 valence electrons. The van der Waals surface area contributed by atoms with Crippen LogP contribution >= 0.6 is 0 Å². The molecule has 0 aliphatic heterocycles. The van der Waals surface area contributed by atoms with Crippen molar-refractivity contribution >= 4 is 27.5 Å². The normalized spacial score (nSPS) is 12.1. The first kappa shape index (κ1) is 28.3. The van der Waals surface area contributed by atoms with E-state index in [-0.39, 0.29) is 43.6 Å². The Morgan fingerprint density at radius 2 is 1.71 bits per heavy atom. The second kappa shape index (κ2) is 13.2. The molecule has 2 rings (SSSR count). The lowest BCUT2D eigenvalue weighted by atomic mass is 10.1. The highest BCUT2D eigenvalue weighted by molar-refractivity contribution is 7.92. The Labute approximate surface area is 208 Å². The summed E-state index contributed by atoms with van der Waals surface area (Å²) in [5, 5.41) is 2.86. The molecular formula is C26H36FN3O4S. The lowest BCUT2D eigenvalue weighted by Gasteiger charge is -2.31. The molecule has 9 heteroatoms. The van der Waals surface area contributed by atoms with Crippen LogP contribution in [0.1, 0.15) is 50.7 Å². The summed E-state index contributed by atoms with van der Waals surface area (Å²) >= 11 is 0. The predicted molar refractivity (Wildman–Crippen MR) is 137 cm³/mol. The molecular weight excluding hydrogens is 469 g/mol. The fraction of sp³-hybridized carbons (Fsp3) is 0.462. The SMILES string of the molecule is CCCNC(=O)C(CC)N(Cc1ccc(F)cc1)C(=O)CCCN(c1ccccc1C)S(C)(=O)=O. The molecule has 0 heterocycles. The minimum atomic E-state index is -3.55. The number of para-hydroxylation sites is 1. The van der Waals surface area contributed by atoms with Crippen molar-refractivity contribution in [2.24, 2.45) is 0 Å². The van der Waals surface area contributed by atoms with Crippen LogP contribution in [0.15, 0.2) is 48.5 Å². The van der Waals surface area contributed by atoms with Gasteiger partial charge in [0.2, 0.25) is 21.8 Å². The van der Waals surface area contributed by atoms with Gasteiger partial charge in [-0.15, -0.1) is 0 Å². The zero-order chi connectivity index (χ0) is 26.0.